The van der Waals surface area contributed by atoms with Crippen molar-refractivity contribution in [3.63, 3.8) is 0 Å². The van der Waals surface area contributed by atoms with Gasteiger partial charge in [0.2, 0.25) is 0 Å². The monoisotopic (exact) mass is 511 g/mol. The Kier molecular flexibility index (Phi) is 6.26. The van der Waals surface area contributed by atoms with Crippen LogP contribution in [0.5, 0.6) is 0 Å². The zero-order valence-corrected chi connectivity index (χ0v) is 22.9. The number of hydrogen-bond donors (Lipinski definition) is 2. The van der Waals surface area contributed by atoms with E-state index in [4.69, 9.17) is 4.42 Å². The van der Waals surface area contributed by atoms with E-state index < -0.39 is 5.60 Å². The molecular weight excluding hydrogens is 466 g/mol. The van der Waals surface area contributed by atoms with Crippen LogP contribution in [0, 0.1) is 28.6 Å². The summed E-state index contributed by atoms with van der Waals surface area (Å²) in [4.78, 5) is 28.8. The summed E-state index contributed by atoms with van der Waals surface area (Å²) < 4.78 is 5.23. The van der Waals surface area contributed by atoms with Crippen LogP contribution in [0.1, 0.15) is 83.1 Å². The molecule has 204 valence electrons. The van der Waals surface area contributed by atoms with Gasteiger partial charge in [0, 0.05) is 43.7 Å². The number of carbonyl (C=O) groups is 1. The summed E-state index contributed by atoms with van der Waals surface area (Å²) in [5.74, 6) is 1.69. The highest BCUT2D eigenvalue weighted by Gasteiger charge is 2.67. The second-order valence-electron chi connectivity index (χ2n) is 13.6. The normalized spacial score (nSPS) is 44.0. The van der Waals surface area contributed by atoms with Crippen LogP contribution in [-0.2, 0) is 0 Å². The molecule has 1 aliphatic heterocycles. The van der Waals surface area contributed by atoms with Crippen molar-refractivity contribution >= 4 is 6.03 Å². The molecule has 8 atom stereocenters. The van der Waals surface area contributed by atoms with Crippen LogP contribution in [0.3, 0.4) is 0 Å². The average molecular weight is 512 g/mol. The number of fused-ring (bicyclic) bond motifs is 5. The van der Waals surface area contributed by atoms with E-state index in [0.29, 0.717) is 17.8 Å². The van der Waals surface area contributed by atoms with Crippen molar-refractivity contribution in [2.75, 3.05) is 33.2 Å². The van der Waals surface area contributed by atoms with Crippen molar-refractivity contribution in [3.05, 3.63) is 34.4 Å². The van der Waals surface area contributed by atoms with Crippen LogP contribution >= 0.6 is 0 Å². The lowest BCUT2D eigenvalue weighted by atomic mass is 9.43. The molecule has 4 aliphatic carbocycles. The lowest BCUT2D eigenvalue weighted by molar-refractivity contribution is -0.201. The summed E-state index contributed by atoms with van der Waals surface area (Å²) in [6.07, 6.45) is 11.0. The number of nitrogens with zero attached hydrogens (tertiary/aromatic N) is 2. The Morgan fingerprint density at radius 3 is 2.51 bits per heavy atom. The Bertz CT molecular complexity index is 1060. The minimum absolute atomic E-state index is 0.117. The van der Waals surface area contributed by atoms with Crippen LogP contribution in [0.2, 0.25) is 0 Å². The smallest absolute Gasteiger partial charge is 0.335 e. The van der Waals surface area contributed by atoms with Crippen LogP contribution in [0.4, 0.5) is 4.79 Å². The Morgan fingerprint density at radius 2 is 1.78 bits per heavy atom. The fourth-order valence-electron chi connectivity index (χ4n) is 9.73. The molecule has 2 heterocycles. The number of amides is 2. The standard InChI is InChI=1S/C30H45N3O4/c1-28-11-8-22(31-27(35)33-16-14-32(3)15-17-33)18-21(28)5-6-25-24(28)9-12-29(2)23(10-13-30(25,29)36)20-4-7-26(34)37-19-20/h4,7,19,21-25,36H,5-6,8-18H2,1-3H3,(H,31,35). The van der Waals surface area contributed by atoms with E-state index in [1.807, 2.05) is 11.0 Å². The highest BCUT2D eigenvalue weighted by Crippen LogP contribution is 2.70. The summed E-state index contributed by atoms with van der Waals surface area (Å²) in [6, 6.07) is 3.82. The molecule has 37 heavy (non-hydrogen) atoms. The summed E-state index contributed by atoms with van der Waals surface area (Å²) in [5, 5.41) is 15.8. The zero-order chi connectivity index (χ0) is 26.0. The molecule has 0 radical (unpaired) electrons. The Labute approximate surface area is 221 Å². The van der Waals surface area contributed by atoms with Crippen LogP contribution in [-0.4, -0.2) is 65.8 Å². The highest BCUT2D eigenvalue weighted by molar-refractivity contribution is 5.74. The van der Waals surface area contributed by atoms with Gasteiger partial charge < -0.3 is 24.6 Å². The van der Waals surface area contributed by atoms with E-state index in [9.17, 15) is 14.7 Å². The largest absolute Gasteiger partial charge is 0.431 e. The molecule has 7 nitrogen and oxygen atoms in total. The average Bonchev–Trinajstić information content (AvgIpc) is 3.16. The molecule has 8 unspecified atom stereocenters. The predicted octanol–water partition coefficient (Wildman–Crippen LogP) is 4.21. The first-order chi connectivity index (χ1) is 17.6. The quantitative estimate of drug-likeness (QED) is 0.621. The number of hydrogen-bond acceptors (Lipinski definition) is 5. The number of carbonyl (C=O) groups excluding carboxylic acids is 1. The third-order valence-electron chi connectivity index (χ3n) is 12.1. The van der Waals surface area contributed by atoms with Gasteiger partial charge in [-0.1, -0.05) is 13.8 Å². The van der Waals surface area contributed by atoms with Crippen molar-refractivity contribution < 1.29 is 14.3 Å². The first kappa shape index (κ1) is 25.4. The summed E-state index contributed by atoms with van der Waals surface area (Å²) in [5.41, 5.74) is 0.120. The van der Waals surface area contributed by atoms with E-state index >= 15 is 0 Å². The van der Waals surface area contributed by atoms with Crippen molar-refractivity contribution in [1.29, 1.82) is 0 Å². The van der Waals surface area contributed by atoms with E-state index in [0.717, 1.165) is 89.5 Å². The van der Waals surface area contributed by atoms with Gasteiger partial charge in [0.1, 0.15) is 0 Å². The maximum absolute atomic E-state index is 12.9. The number of nitrogens with one attached hydrogen (secondary N) is 1. The predicted molar refractivity (Wildman–Crippen MR) is 142 cm³/mol. The van der Waals surface area contributed by atoms with E-state index in [-0.39, 0.29) is 34.4 Å². The zero-order valence-electron chi connectivity index (χ0n) is 22.9. The molecule has 5 aliphatic rings. The topological polar surface area (TPSA) is 86.0 Å². The molecule has 0 spiro atoms. The lowest BCUT2D eigenvalue weighted by Crippen LogP contribution is -2.62. The van der Waals surface area contributed by atoms with Gasteiger partial charge in [0.05, 0.1) is 11.9 Å². The van der Waals surface area contributed by atoms with Gasteiger partial charge in [-0.05, 0) is 106 Å². The highest BCUT2D eigenvalue weighted by atomic mass is 16.4. The molecule has 2 N–H and O–H groups in total. The second kappa shape index (κ2) is 9.11. The SMILES string of the molecule is CN1CCN(C(=O)NC2CCC3(C)C(CCC4C3CCC3(C)C(c5ccc(=O)oc5)CCC43O)C2)CC1. The van der Waals surface area contributed by atoms with Crippen LogP contribution in [0.25, 0.3) is 0 Å². The minimum atomic E-state index is -0.669. The van der Waals surface area contributed by atoms with E-state index in [1.54, 1.807) is 6.26 Å². The molecule has 1 aromatic rings. The van der Waals surface area contributed by atoms with Crippen molar-refractivity contribution in [2.24, 2.45) is 28.6 Å². The van der Waals surface area contributed by atoms with Crippen LogP contribution in [0.15, 0.2) is 27.6 Å². The molecule has 0 aromatic carbocycles. The van der Waals surface area contributed by atoms with Gasteiger partial charge in [-0.2, -0.15) is 0 Å². The van der Waals surface area contributed by atoms with Crippen molar-refractivity contribution in [1.82, 2.24) is 15.1 Å². The second-order valence-corrected chi connectivity index (χ2v) is 13.6. The number of piperazine rings is 1. The lowest BCUT2D eigenvalue weighted by Gasteiger charge is -2.63. The third-order valence-corrected chi connectivity index (χ3v) is 12.1. The van der Waals surface area contributed by atoms with Crippen LogP contribution < -0.4 is 10.9 Å². The number of rotatable bonds is 2. The molecule has 5 fully saturated rings. The molecule has 0 bridgehead atoms. The molecule has 4 saturated carbocycles. The van der Waals surface area contributed by atoms with Gasteiger partial charge in [-0.3, -0.25) is 0 Å². The van der Waals surface area contributed by atoms with Crippen molar-refractivity contribution in [2.45, 2.75) is 89.2 Å². The third kappa shape index (κ3) is 3.98. The Hall–Kier alpha value is -1.86. The molecule has 2 amide bonds. The molecule has 6 rings (SSSR count). The van der Waals surface area contributed by atoms with Gasteiger partial charge in [-0.25, -0.2) is 9.59 Å². The number of likely N-dealkylation sites (N-methyl/N-ethyl adjacent to an activating group) is 1. The fourth-order valence-corrected chi connectivity index (χ4v) is 9.73. The minimum Gasteiger partial charge on any atom is -0.431 e. The first-order valence-electron chi connectivity index (χ1n) is 14.7. The summed E-state index contributed by atoms with van der Waals surface area (Å²) in [6.45, 7) is 8.32. The number of aliphatic hydroxyl groups is 1. The Morgan fingerprint density at radius 1 is 1.00 bits per heavy atom. The number of urea groups is 1. The maximum Gasteiger partial charge on any atom is 0.335 e. The Balaban J connectivity index is 1.15. The molecule has 1 aromatic heterocycles. The molecular formula is C30H45N3O4. The summed E-state index contributed by atoms with van der Waals surface area (Å²) >= 11 is 0. The summed E-state index contributed by atoms with van der Waals surface area (Å²) in [7, 11) is 2.12. The van der Waals surface area contributed by atoms with Gasteiger partial charge >= 0.3 is 11.7 Å². The van der Waals surface area contributed by atoms with Gasteiger partial charge in [0.15, 0.2) is 0 Å². The van der Waals surface area contributed by atoms with Gasteiger partial charge in [-0.15, -0.1) is 0 Å². The van der Waals surface area contributed by atoms with Crippen molar-refractivity contribution in [3.8, 4) is 0 Å². The molecule has 7 heteroatoms. The maximum atomic E-state index is 12.9. The molecule has 1 saturated heterocycles. The van der Waals surface area contributed by atoms with E-state index in [2.05, 4.69) is 31.1 Å². The van der Waals surface area contributed by atoms with Gasteiger partial charge in [0.25, 0.3) is 0 Å². The van der Waals surface area contributed by atoms with E-state index in [1.165, 1.54) is 6.07 Å². The fraction of sp³-hybridized carbons (Fsp3) is 0.800. The first-order valence-corrected chi connectivity index (χ1v) is 14.7.